The Kier molecular flexibility index (Phi) is 9.09. The van der Waals surface area contributed by atoms with Crippen LogP contribution in [-0.4, -0.2) is 47.4 Å². The van der Waals surface area contributed by atoms with Gasteiger partial charge in [-0.3, -0.25) is 14.5 Å². The quantitative estimate of drug-likeness (QED) is 0.345. The van der Waals surface area contributed by atoms with E-state index in [2.05, 4.69) is 5.32 Å². The van der Waals surface area contributed by atoms with Gasteiger partial charge in [0.1, 0.15) is 16.7 Å². The van der Waals surface area contributed by atoms with E-state index in [1.807, 2.05) is 67.6 Å². The van der Waals surface area contributed by atoms with Crippen molar-refractivity contribution in [2.75, 3.05) is 25.6 Å². The Hall–Kier alpha value is -3.49. The van der Waals surface area contributed by atoms with Gasteiger partial charge in [0.2, 0.25) is 11.8 Å². The van der Waals surface area contributed by atoms with E-state index in [1.54, 1.807) is 24.1 Å². The molecule has 1 aliphatic heterocycles. The molecule has 2 amide bonds. The fraction of sp³-hybridized carbons (Fsp3) is 0.250. The summed E-state index contributed by atoms with van der Waals surface area (Å²) in [6.07, 6.45) is 0.662. The molecule has 0 saturated carbocycles. The molecule has 3 aromatic rings. The monoisotopic (exact) mass is 537 g/mol. The van der Waals surface area contributed by atoms with Gasteiger partial charge in [-0.15, -0.1) is 0 Å². The number of rotatable bonds is 10. The third kappa shape index (κ3) is 7.27. The second-order valence-electron chi connectivity index (χ2n) is 8.28. The van der Waals surface area contributed by atoms with Crippen LogP contribution in [-0.2, 0) is 16.0 Å². The van der Waals surface area contributed by atoms with Crippen molar-refractivity contribution in [2.45, 2.75) is 25.0 Å². The molecule has 0 radical (unpaired) electrons. The van der Waals surface area contributed by atoms with Crippen molar-refractivity contribution >= 4 is 51.7 Å². The number of methoxy groups -OCH3 is 1. The van der Waals surface area contributed by atoms with Gasteiger partial charge in [0.05, 0.1) is 19.4 Å². The molecular formula is C28H28ClN3O4S. The zero-order valence-corrected chi connectivity index (χ0v) is 22.2. The molecule has 1 fully saturated rings. The van der Waals surface area contributed by atoms with E-state index in [-0.39, 0.29) is 18.2 Å². The summed E-state index contributed by atoms with van der Waals surface area (Å²) >= 11 is 7.31. The summed E-state index contributed by atoms with van der Waals surface area (Å²) < 4.78 is 10.7. The Morgan fingerprint density at radius 1 is 1.08 bits per heavy atom. The van der Waals surface area contributed by atoms with Crippen LogP contribution in [0, 0.1) is 0 Å². The molecule has 0 aromatic heterocycles. The van der Waals surface area contributed by atoms with Crippen LogP contribution in [0.2, 0.25) is 5.02 Å². The molecule has 192 valence electrons. The number of aliphatic imine (C=N–C) groups is 1. The zero-order chi connectivity index (χ0) is 26.2. The Labute approximate surface area is 225 Å². The van der Waals surface area contributed by atoms with E-state index >= 15 is 0 Å². The van der Waals surface area contributed by atoms with E-state index in [9.17, 15) is 9.59 Å². The summed E-state index contributed by atoms with van der Waals surface area (Å²) in [5.41, 5.74) is 2.38. The van der Waals surface area contributed by atoms with Crippen LogP contribution >= 0.6 is 23.4 Å². The van der Waals surface area contributed by atoms with Gasteiger partial charge in [-0.1, -0.05) is 41.6 Å². The predicted molar refractivity (Wildman–Crippen MR) is 149 cm³/mol. The highest BCUT2D eigenvalue weighted by atomic mass is 35.5. The van der Waals surface area contributed by atoms with Crippen molar-refractivity contribution in [3.05, 3.63) is 83.4 Å². The number of amidine groups is 1. The lowest BCUT2D eigenvalue weighted by Gasteiger charge is -2.16. The Morgan fingerprint density at radius 2 is 1.84 bits per heavy atom. The molecule has 37 heavy (non-hydrogen) atoms. The standard InChI is InChI=1S/C28H28ClN3O4S/c1-3-36-24-6-4-5-22(17-24)30-26(33)18-25-27(34)32(16-15-19-7-9-20(29)10-8-19)28(37-25)31-21-11-13-23(35-2)14-12-21/h4-14,17,25H,3,15-16,18H2,1-2H3,(H,30,33)/t25-/m0/s1. The fourth-order valence-corrected chi connectivity index (χ4v) is 5.11. The fourth-order valence-electron chi connectivity index (χ4n) is 3.80. The summed E-state index contributed by atoms with van der Waals surface area (Å²) in [7, 11) is 1.60. The van der Waals surface area contributed by atoms with Crippen molar-refractivity contribution in [3.8, 4) is 11.5 Å². The first-order chi connectivity index (χ1) is 17.9. The lowest BCUT2D eigenvalue weighted by molar-refractivity contribution is -0.128. The van der Waals surface area contributed by atoms with Crippen LogP contribution in [0.25, 0.3) is 0 Å². The number of carbonyl (C=O) groups excluding carboxylic acids is 2. The predicted octanol–water partition coefficient (Wildman–Crippen LogP) is 5.95. The Balaban J connectivity index is 1.49. The highest BCUT2D eigenvalue weighted by molar-refractivity contribution is 8.15. The minimum atomic E-state index is -0.572. The molecule has 3 aromatic carbocycles. The molecule has 9 heteroatoms. The third-order valence-electron chi connectivity index (χ3n) is 5.65. The molecule has 1 atom stereocenters. The third-order valence-corrected chi connectivity index (χ3v) is 7.08. The maximum Gasteiger partial charge on any atom is 0.242 e. The summed E-state index contributed by atoms with van der Waals surface area (Å²) in [6, 6.07) is 22.0. The van der Waals surface area contributed by atoms with E-state index < -0.39 is 5.25 Å². The molecule has 1 N–H and O–H groups in total. The SMILES string of the molecule is CCOc1cccc(NC(=O)C[C@@H]2SC(=Nc3ccc(OC)cc3)N(CCc3ccc(Cl)cc3)C2=O)c1. The molecule has 7 nitrogen and oxygen atoms in total. The van der Waals surface area contributed by atoms with Gasteiger partial charge < -0.3 is 14.8 Å². The van der Waals surface area contributed by atoms with Crippen LogP contribution in [0.1, 0.15) is 18.9 Å². The Bertz CT molecular complexity index is 1270. The first-order valence-electron chi connectivity index (χ1n) is 11.9. The molecule has 0 unspecified atom stereocenters. The van der Waals surface area contributed by atoms with Crippen LogP contribution in [0.5, 0.6) is 11.5 Å². The summed E-state index contributed by atoms with van der Waals surface area (Å²) in [4.78, 5) is 32.6. The number of hydrogen-bond donors (Lipinski definition) is 1. The second-order valence-corrected chi connectivity index (χ2v) is 9.88. The van der Waals surface area contributed by atoms with E-state index in [4.69, 9.17) is 26.1 Å². The van der Waals surface area contributed by atoms with Gasteiger partial charge in [-0.2, -0.15) is 0 Å². The Morgan fingerprint density at radius 3 is 2.54 bits per heavy atom. The first kappa shape index (κ1) is 26.6. The number of anilines is 1. The molecule has 1 aliphatic rings. The lowest BCUT2D eigenvalue weighted by Crippen LogP contribution is -2.35. The van der Waals surface area contributed by atoms with Crippen LogP contribution in [0.3, 0.4) is 0 Å². The minimum absolute atomic E-state index is 0.0292. The van der Waals surface area contributed by atoms with Crippen molar-refractivity contribution in [3.63, 3.8) is 0 Å². The van der Waals surface area contributed by atoms with Gasteiger partial charge in [0.15, 0.2) is 5.17 Å². The van der Waals surface area contributed by atoms with Crippen molar-refractivity contribution < 1.29 is 19.1 Å². The molecule has 0 aliphatic carbocycles. The average molecular weight is 538 g/mol. The molecule has 1 heterocycles. The highest BCUT2D eigenvalue weighted by Crippen LogP contribution is 2.32. The van der Waals surface area contributed by atoms with E-state index in [0.29, 0.717) is 46.9 Å². The molecule has 4 rings (SSSR count). The number of carbonyl (C=O) groups is 2. The van der Waals surface area contributed by atoms with E-state index in [0.717, 1.165) is 11.3 Å². The number of nitrogens with zero attached hydrogens (tertiary/aromatic N) is 2. The van der Waals surface area contributed by atoms with Gasteiger partial charge >= 0.3 is 0 Å². The maximum atomic E-state index is 13.4. The number of halogens is 1. The molecule has 0 bridgehead atoms. The normalized spacial score (nSPS) is 16.2. The van der Waals surface area contributed by atoms with Crippen LogP contribution < -0.4 is 14.8 Å². The number of benzene rings is 3. The summed E-state index contributed by atoms with van der Waals surface area (Å²) in [5.74, 6) is 1.02. The van der Waals surface area contributed by atoms with Gasteiger partial charge in [0, 0.05) is 29.7 Å². The second kappa shape index (κ2) is 12.7. The van der Waals surface area contributed by atoms with Crippen LogP contribution in [0.4, 0.5) is 11.4 Å². The highest BCUT2D eigenvalue weighted by Gasteiger charge is 2.39. The van der Waals surface area contributed by atoms with Crippen molar-refractivity contribution in [1.29, 1.82) is 0 Å². The number of thioether (sulfide) groups is 1. The summed E-state index contributed by atoms with van der Waals surface area (Å²) in [6.45, 7) is 2.88. The number of amides is 2. The smallest absolute Gasteiger partial charge is 0.242 e. The van der Waals surface area contributed by atoms with Crippen LogP contribution in [0.15, 0.2) is 77.8 Å². The van der Waals surface area contributed by atoms with E-state index in [1.165, 1.54) is 11.8 Å². The first-order valence-corrected chi connectivity index (χ1v) is 13.2. The average Bonchev–Trinajstić information content (AvgIpc) is 3.17. The number of ether oxygens (including phenoxy) is 2. The van der Waals surface area contributed by atoms with Crippen molar-refractivity contribution in [1.82, 2.24) is 4.90 Å². The number of hydrogen-bond acceptors (Lipinski definition) is 6. The lowest BCUT2D eigenvalue weighted by atomic mass is 10.1. The largest absolute Gasteiger partial charge is 0.497 e. The minimum Gasteiger partial charge on any atom is -0.497 e. The zero-order valence-electron chi connectivity index (χ0n) is 20.6. The van der Waals surface area contributed by atoms with Crippen molar-refractivity contribution in [2.24, 2.45) is 4.99 Å². The molecular weight excluding hydrogens is 510 g/mol. The topological polar surface area (TPSA) is 80.2 Å². The molecule has 0 spiro atoms. The van der Waals surface area contributed by atoms with Gasteiger partial charge in [-0.25, -0.2) is 4.99 Å². The number of nitrogens with one attached hydrogen (secondary N) is 1. The van der Waals surface area contributed by atoms with Gasteiger partial charge in [0.25, 0.3) is 0 Å². The molecule has 1 saturated heterocycles. The summed E-state index contributed by atoms with van der Waals surface area (Å²) in [5, 5.41) is 3.53. The maximum absolute atomic E-state index is 13.4. The van der Waals surface area contributed by atoms with Gasteiger partial charge in [-0.05, 0) is 67.4 Å².